The summed E-state index contributed by atoms with van der Waals surface area (Å²) in [6.45, 7) is 4.34. The van der Waals surface area contributed by atoms with Crippen LogP contribution in [0.15, 0.2) is 179 Å². The first kappa shape index (κ1) is 33.6. The van der Waals surface area contributed by atoms with Crippen LogP contribution < -0.4 is 5.73 Å². The predicted molar refractivity (Wildman–Crippen MR) is 238 cm³/mol. The van der Waals surface area contributed by atoms with Crippen molar-refractivity contribution in [2.75, 3.05) is 5.73 Å². The Morgan fingerprint density at radius 3 is 1.62 bits per heavy atom. The molecule has 1 heterocycles. The first-order chi connectivity index (χ1) is 27.5. The number of anilines is 1. The van der Waals surface area contributed by atoms with Crippen molar-refractivity contribution >= 4 is 55.9 Å². The highest BCUT2D eigenvalue weighted by Gasteiger charge is 2.22. The van der Waals surface area contributed by atoms with E-state index in [2.05, 4.69) is 190 Å². The molecule has 3 heteroatoms. The van der Waals surface area contributed by atoms with Gasteiger partial charge in [0.1, 0.15) is 11.2 Å². The third kappa shape index (κ3) is 5.80. The monoisotopic (exact) mass is 720 g/mol. The number of hydrogen-bond acceptors (Lipinski definition) is 3. The predicted octanol–water partition coefficient (Wildman–Crippen LogP) is 14.3. The first-order valence-corrected chi connectivity index (χ1v) is 19.4. The van der Waals surface area contributed by atoms with Gasteiger partial charge in [-0.05, 0) is 93.4 Å². The molecule has 0 aliphatic heterocycles. The van der Waals surface area contributed by atoms with Crippen molar-refractivity contribution in [3.8, 4) is 44.5 Å². The Labute approximate surface area is 327 Å². The lowest BCUT2D eigenvalue weighted by atomic mass is 9.85. The molecule has 0 saturated carbocycles. The standard InChI is InChI=1S/C53H40N2O/c1-33-22-27-44-47(28-33)42-20-12-13-21-43(42)50(54)51(44)55-34(2)35-23-25-39(26-24-35)46-30-41(37-16-8-4-9-17-37)32-49-48-31-40(36-14-6-3-7-15-36)29-45(52(48)56-53(46)49)38-18-10-5-11-19-38/h3-27,29-33H,28,54H2,1-2H3/t33-/m0/s1. The van der Waals surface area contributed by atoms with Gasteiger partial charge in [0.25, 0.3) is 0 Å². The van der Waals surface area contributed by atoms with Crippen molar-refractivity contribution in [3.63, 3.8) is 0 Å². The van der Waals surface area contributed by atoms with Gasteiger partial charge in [-0.3, -0.25) is 4.99 Å². The highest BCUT2D eigenvalue weighted by molar-refractivity contribution is 6.16. The average Bonchev–Trinajstić information content (AvgIpc) is 3.64. The van der Waals surface area contributed by atoms with Gasteiger partial charge in [-0.15, -0.1) is 0 Å². The summed E-state index contributed by atoms with van der Waals surface area (Å²) in [5, 5.41) is 4.47. The topological polar surface area (TPSA) is 51.5 Å². The second kappa shape index (κ2) is 13.7. The first-order valence-electron chi connectivity index (χ1n) is 19.4. The smallest absolute Gasteiger partial charge is 0.143 e. The zero-order valence-electron chi connectivity index (χ0n) is 31.5. The molecule has 1 aromatic heterocycles. The van der Waals surface area contributed by atoms with Crippen LogP contribution >= 0.6 is 0 Å². The molecule has 0 bridgehead atoms. The summed E-state index contributed by atoms with van der Waals surface area (Å²) in [5.74, 6) is 0.467. The number of hydrogen-bond donors (Lipinski definition) is 1. The van der Waals surface area contributed by atoms with Gasteiger partial charge in [0, 0.05) is 38.6 Å². The van der Waals surface area contributed by atoms with Gasteiger partial charge in [0.05, 0.1) is 11.4 Å². The summed E-state index contributed by atoms with van der Waals surface area (Å²) < 4.78 is 7.03. The minimum atomic E-state index is 0.467. The number of furan rings is 1. The fourth-order valence-corrected chi connectivity index (χ4v) is 8.46. The highest BCUT2D eigenvalue weighted by atomic mass is 16.3. The fraction of sp³-hybridized carbons (Fsp3) is 0.0755. The number of allylic oxidation sites excluding steroid dienone is 1. The normalized spacial score (nSPS) is 14.1. The number of benzene rings is 8. The van der Waals surface area contributed by atoms with E-state index < -0.39 is 0 Å². The van der Waals surface area contributed by atoms with Crippen molar-refractivity contribution in [2.45, 2.75) is 20.3 Å². The fourth-order valence-electron chi connectivity index (χ4n) is 8.46. The molecule has 268 valence electrons. The van der Waals surface area contributed by atoms with Crippen molar-refractivity contribution in [1.29, 1.82) is 0 Å². The quantitative estimate of drug-likeness (QED) is 0.137. The summed E-state index contributed by atoms with van der Waals surface area (Å²) >= 11 is 0. The number of aliphatic imine (C=N–C) groups is 1. The lowest BCUT2D eigenvalue weighted by Crippen LogP contribution is -2.07. The van der Waals surface area contributed by atoms with E-state index in [1.807, 2.05) is 0 Å². The van der Waals surface area contributed by atoms with E-state index in [1.165, 1.54) is 16.5 Å². The lowest BCUT2D eigenvalue weighted by molar-refractivity contribution is 0.671. The third-order valence-electron chi connectivity index (χ3n) is 11.4. The van der Waals surface area contributed by atoms with Crippen molar-refractivity contribution in [2.24, 2.45) is 10.9 Å². The minimum Gasteiger partial charge on any atom is -0.455 e. The molecule has 0 amide bonds. The van der Waals surface area contributed by atoms with E-state index in [1.54, 1.807) is 0 Å². The average molecular weight is 721 g/mol. The molecule has 0 radical (unpaired) electrons. The van der Waals surface area contributed by atoms with Gasteiger partial charge in [-0.25, -0.2) is 0 Å². The van der Waals surface area contributed by atoms with Gasteiger partial charge in [0.2, 0.25) is 0 Å². The van der Waals surface area contributed by atoms with E-state index in [0.29, 0.717) is 5.92 Å². The maximum absolute atomic E-state index is 7.03. The maximum atomic E-state index is 7.03. The Morgan fingerprint density at radius 1 is 0.554 bits per heavy atom. The largest absolute Gasteiger partial charge is 0.455 e. The molecular formula is C53H40N2O. The summed E-state index contributed by atoms with van der Waals surface area (Å²) in [4.78, 5) is 5.25. The van der Waals surface area contributed by atoms with Crippen LogP contribution in [-0.4, -0.2) is 5.71 Å². The van der Waals surface area contributed by atoms with Crippen LogP contribution in [0, 0.1) is 5.92 Å². The summed E-state index contributed by atoms with van der Waals surface area (Å²) in [7, 11) is 0. The zero-order valence-corrected chi connectivity index (χ0v) is 31.5. The maximum Gasteiger partial charge on any atom is 0.143 e. The Bertz CT molecular complexity index is 2990. The van der Waals surface area contributed by atoms with E-state index >= 15 is 0 Å². The molecule has 0 spiro atoms. The molecule has 0 saturated heterocycles. The summed E-state index contributed by atoms with van der Waals surface area (Å²) in [6.07, 6.45) is 5.46. The number of nitrogens with zero attached hydrogens (tertiary/aromatic N) is 1. The molecule has 0 fully saturated rings. The molecule has 3 nitrogen and oxygen atoms in total. The summed E-state index contributed by atoms with van der Waals surface area (Å²) in [5.41, 5.74) is 23.6. The van der Waals surface area contributed by atoms with Crippen molar-refractivity contribution in [1.82, 2.24) is 0 Å². The van der Waals surface area contributed by atoms with E-state index in [4.69, 9.17) is 15.1 Å². The van der Waals surface area contributed by atoms with Gasteiger partial charge in [-0.1, -0.05) is 159 Å². The molecule has 56 heavy (non-hydrogen) atoms. The van der Waals surface area contributed by atoms with E-state index in [9.17, 15) is 0 Å². The van der Waals surface area contributed by atoms with Crippen LogP contribution in [0.4, 0.5) is 11.4 Å². The SMILES string of the molecule is CC(=Nc1c2c(c3ccccc3c1N)C[C@@H](C)C=C2)c1ccc(-c2cc(-c3ccccc3)cc3c2oc2c(-c4ccccc4)cc(-c4ccccc4)cc23)cc1. The number of rotatable bonds is 6. The van der Waals surface area contributed by atoms with Crippen LogP contribution in [-0.2, 0) is 6.42 Å². The summed E-state index contributed by atoms with van der Waals surface area (Å²) in [6, 6.07) is 58.1. The van der Waals surface area contributed by atoms with Gasteiger partial charge >= 0.3 is 0 Å². The molecular weight excluding hydrogens is 681 g/mol. The van der Waals surface area contributed by atoms with Crippen LogP contribution in [0.5, 0.6) is 0 Å². The van der Waals surface area contributed by atoms with Crippen molar-refractivity contribution < 1.29 is 4.42 Å². The Balaban J connectivity index is 1.14. The second-order valence-electron chi connectivity index (χ2n) is 15.0. The molecule has 2 N–H and O–H groups in total. The van der Waals surface area contributed by atoms with Gasteiger partial charge in [-0.2, -0.15) is 0 Å². The van der Waals surface area contributed by atoms with Crippen LogP contribution in [0.1, 0.15) is 30.5 Å². The van der Waals surface area contributed by atoms with Gasteiger partial charge < -0.3 is 10.2 Å². The number of fused-ring (bicyclic) bond motifs is 6. The molecule has 9 aromatic rings. The lowest BCUT2D eigenvalue weighted by Gasteiger charge is -2.22. The third-order valence-corrected chi connectivity index (χ3v) is 11.4. The van der Waals surface area contributed by atoms with Crippen molar-refractivity contribution in [3.05, 3.63) is 187 Å². The van der Waals surface area contributed by atoms with Crippen LogP contribution in [0.25, 0.3) is 83.3 Å². The van der Waals surface area contributed by atoms with Crippen LogP contribution in [0.2, 0.25) is 0 Å². The molecule has 1 aliphatic rings. The number of nitrogen functional groups attached to an aromatic ring is 1. The highest BCUT2D eigenvalue weighted by Crippen LogP contribution is 2.45. The molecule has 8 aromatic carbocycles. The zero-order chi connectivity index (χ0) is 37.8. The number of nitrogens with two attached hydrogens (primary N) is 1. The Hall–Kier alpha value is -6.97. The van der Waals surface area contributed by atoms with Gasteiger partial charge in [0.15, 0.2) is 0 Å². The molecule has 1 atom stereocenters. The molecule has 0 unspecified atom stereocenters. The molecule has 1 aliphatic carbocycles. The Kier molecular flexibility index (Phi) is 8.22. The van der Waals surface area contributed by atoms with E-state index in [0.717, 1.165) is 101 Å². The molecule has 10 rings (SSSR count). The van der Waals surface area contributed by atoms with E-state index in [-0.39, 0.29) is 0 Å². The second-order valence-corrected chi connectivity index (χ2v) is 15.0. The minimum absolute atomic E-state index is 0.467. The Morgan fingerprint density at radius 2 is 1.05 bits per heavy atom. The van der Waals surface area contributed by atoms with Crippen LogP contribution in [0.3, 0.4) is 0 Å².